The van der Waals surface area contributed by atoms with E-state index in [1.807, 2.05) is 6.92 Å². The summed E-state index contributed by atoms with van der Waals surface area (Å²) < 4.78 is 10.3. The van der Waals surface area contributed by atoms with Crippen LogP contribution in [0.1, 0.15) is 13.3 Å². The number of ether oxygens (including phenoxy) is 2. The number of aromatic nitrogens is 2. The smallest absolute Gasteiger partial charge is 0.353 e. The zero-order valence-electron chi connectivity index (χ0n) is 14.7. The monoisotopic (exact) mass is 362 g/mol. The minimum Gasteiger partial charge on any atom is -0.494 e. The van der Waals surface area contributed by atoms with Crippen LogP contribution in [-0.4, -0.2) is 41.8 Å². The Hall–Kier alpha value is -3.14. The number of hydrogen-bond donors (Lipinski definition) is 3. The maximum atomic E-state index is 11.3. The third-order valence-electron chi connectivity index (χ3n) is 3.33. The van der Waals surface area contributed by atoms with Crippen LogP contribution in [-0.2, 0) is 4.74 Å². The summed E-state index contributed by atoms with van der Waals surface area (Å²) in [4.78, 5) is 18.8. The number of nitrogen functional groups attached to an aromatic ring is 1. The Bertz CT molecular complexity index is 738. The van der Waals surface area contributed by atoms with Gasteiger partial charge in [0.15, 0.2) is 0 Å². The van der Waals surface area contributed by atoms with E-state index in [4.69, 9.17) is 15.2 Å². The van der Waals surface area contributed by atoms with E-state index >= 15 is 0 Å². The number of rotatable bonds is 10. The van der Waals surface area contributed by atoms with Gasteiger partial charge in [-0.15, -0.1) is 0 Å². The Morgan fingerprint density at radius 3 is 2.62 bits per heavy atom. The van der Waals surface area contributed by atoms with Gasteiger partial charge in [-0.1, -0.05) is 0 Å². The normalized spacial score (nSPS) is 10.4. The molecule has 26 heavy (non-hydrogen) atoms. The quantitative estimate of drug-likeness (QED) is 0.330. The van der Waals surface area contributed by atoms with Crippen LogP contribution in [0, 0.1) is 10.1 Å². The molecule has 0 spiro atoms. The second-order valence-corrected chi connectivity index (χ2v) is 5.24. The Labute approximate surface area is 150 Å². The molecule has 2 rings (SSSR count). The molecule has 0 aliphatic rings. The van der Waals surface area contributed by atoms with Gasteiger partial charge in [0, 0.05) is 25.9 Å². The first kappa shape index (κ1) is 19.2. The molecule has 0 amide bonds. The van der Waals surface area contributed by atoms with Crippen molar-refractivity contribution in [3.63, 3.8) is 0 Å². The Morgan fingerprint density at radius 2 is 2.00 bits per heavy atom. The number of nitro groups is 1. The average Bonchev–Trinajstić information content (AvgIpc) is 2.60. The van der Waals surface area contributed by atoms with Crippen molar-refractivity contribution in [3.05, 3.63) is 34.4 Å². The van der Waals surface area contributed by atoms with Gasteiger partial charge < -0.3 is 25.8 Å². The zero-order chi connectivity index (χ0) is 18.9. The lowest BCUT2D eigenvalue weighted by atomic mass is 10.3. The van der Waals surface area contributed by atoms with Crippen LogP contribution in [0.15, 0.2) is 24.3 Å². The summed E-state index contributed by atoms with van der Waals surface area (Å²) in [5.41, 5.74) is 5.99. The van der Waals surface area contributed by atoms with E-state index in [1.165, 1.54) is 0 Å². The topological polar surface area (TPSA) is 137 Å². The summed E-state index contributed by atoms with van der Waals surface area (Å²) in [5, 5.41) is 17.2. The van der Waals surface area contributed by atoms with Gasteiger partial charge in [0.05, 0.1) is 11.5 Å². The predicted octanol–water partition coefficient (Wildman–Crippen LogP) is 2.56. The molecule has 4 N–H and O–H groups in total. The van der Waals surface area contributed by atoms with E-state index in [1.54, 1.807) is 31.4 Å². The van der Waals surface area contributed by atoms with Crippen LogP contribution in [0.25, 0.3) is 0 Å². The molecule has 0 saturated heterocycles. The zero-order valence-corrected chi connectivity index (χ0v) is 14.7. The summed E-state index contributed by atoms with van der Waals surface area (Å²) in [5.74, 6) is 0.710. The molecule has 0 saturated carbocycles. The summed E-state index contributed by atoms with van der Waals surface area (Å²) >= 11 is 0. The number of benzene rings is 1. The third kappa shape index (κ3) is 5.18. The Kier molecular flexibility index (Phi) is 6.92. The molecule has 10 nitrogen and oxygen atoms in total. The van der Waals surface area contributed by atoms with E-state index in [0.29, 0.717) is 31.2 Å². The highest BCUT2D eigenvalue weighted by Crippen LogP contribution is 2.31. The number of hydrogen-bond acceptors (Lipinski definition) is 9. The van der Waals surface area contributed by atoms with Crippen molar-refractivity contribution in [2.75, 3.05) is 43.2 Å². The molecule has 0 aliphatic carbocycles. The molecule has 0 radical (unpaired) electrons. The molecule has 0 bridgehead atoms. The van der Waals surface area contributed by atoms with E-state index in [0.717, 1.165) is 6.42 Å². The number of nitrogens with zero attached hydrogens (tertiary/aromatic N) is 3. The highest BCUT2D eigenvalue weighted by atomic mass is 16.6. The van der Waals surface area contributed by atoms with Crippen LogP contribution < -0.4 is 21.1 Å². The van der Waals surface area contributed by atoms with Gasteiger partial charge in [0.1, 0.15) is 5.75 Å². The van der Waals surface area contributed by atoms with Crippen LogP contribution in [0.4, 0.5) is 29.0 Å². The maximum absolute atomic E-state index is 11.3. The molecule has 10 heteroatoms. The molecule has 0 aliphatic heterocycles. The highest BCUT2D eigenvalue weighted by Gasteiger charge is 2.23. The fourth-order valence-corrected chi connectivity index (χ4v) is 2.17. The number of methoxy groups -OCH3 is 1. The fraction of sp³-hybridized carbons (Fsp3) is 0.375. The molecule has 2 aromatic rings. The second-order valence-electron chi connectivity index (χ2n) is 5.24. The Morgan fingerprint density at radius 1 is 1.27 bits per heavy atom. The molecular formula is C16H22N6O4. The van der Waals surface area contributed by atoms with Gasteiger partial charge in [-0.2, -0.15) is 9.97 Å². The van der Waals surface area contributed by atoms with Crippen molar-refractivity contribution in [2.24, 2.45) is 0 Å². The SMILES string of the molecule is CCOc1ccc(Nc2nc(NCCCOC)nc(N)c2[N+](=O)[O-])cc1. The molecular weight excluding hydrogens is 340 g/mol. The van der Waals surface area contributed by atoms with Gasteiger partial charge in [0.2, 0.25) is 17.6 Å². The van der Waals surface area contributed by atoms with Crippen molar-refractivity contribution >= 4 is 29.0 Å². The fourth-order valence-electron chi connectivity index (χ4n) is 2.17. The van der Waals surface area contributed by atoms with Crippen LogP contribution in [0.5, 0.6) is 5.75 Å². The van der Waals surface area contributed by atoms with E-state index < -0.39 is 4.92 Å². The lowest BCUT2D eigenvalue weighted by Crippen LogP contribution is -2.12. The molecule has 1 heterocycles. The molecule has 0 atom stereocenters. The standard InChI is InChI=1S/C16H22N6O4/c1-3-26-12-7-5-11(6-8-12)19-15-13(22(23)24)14(17)20-16(21-15)18-9-4-10-25-2/h5-8H,3-4,9-10H2,1-2H3,(H4,17,18,19,20,21). The molecule has 1 aromatic carbocycles. The predicted molar refractivity (Wildman–Crippen MR) is 99.0 cm³/mol. The Balaban J connectivity index is 2.22. The van der Waals surface area contributed by atoms with Crippen LogP contribution in [0.3, 0.4) is 0 Å². The van der Waals surface area contributed by atoms with Gasteiger partial charge >= 0.3 is 5.69 Å². The molecule has 140 valence electrons. The first-order valence-corrected chi connectivity index (χ1v) is 8.09. The first-order chi connectivity index (χ1) is 12.5. The summed E-state index contributed by atoms with van der Waals surface area (Å²) in [6, 6.07) is 6.98. The largest absolute Gasteiger partial charge is 0.494 e. The third-order valence-corrected chi connectivity index (χ3v) is 3.33. The van der Waals surface area contributed by atoms with Crippen molar-refractivity contribution in [1.82, 2.24) is 9.97 Å². The number of nitrogens with two attached hydrogens (primary N) is 1. The maximum Gasteiger partial charge on any atom is 0.353 e. The lowest BCUT2D eigenvalue weighted by Gasteiger charge is -2.11. The first-order valence-electron chi connectivity index (χ1n) is 8.09. The second kappa shape index (κ2) is 9.37. The van der Waals surface area contributed by atoms with Gasteiger partial charge in [-0.05, 0) is 37.6 Å². The van der Waals surface area contributed by atoms with E-state index in [-0.39, 0.29) is 23.3 Å². The summed E-state index contributed by atoms with van der Waals surface area (Å²) in [7, 11) is 1.61. The average molecular weight is 362 g/mol. The van der Waals surface area contributed by atoms with Gasteiger partial charge in [-0.25, -0.2) is 0 Å². The lowest BCUT2D eigenvalue weighted by molar-refractivity contribution is -0.383. The molecule has 1 aromatic heterocycles. The summed E-state index contributed by atoms with van der Waals surface area (Å²) in [6.45, 7) is 3.57. The van der Waals surface area contributed by atoms with Gasteiger partial charge in [-0.3, -0.25) is 10.1 Å². The number of nitrogens with one attached hydrogen (secondary N) is 2. The van der Waals surface area contributed by atoms with Crippen molar-refractivity contribution in [1.29, 1.82) is 0 Å². The molecule has 0 fully saturated rings. The molecule has 0 unspecified atom stereocenters. The minimum absolute atomic E-state index is 0.0147. The highest BCUT2D eigenvalue weighted by molar-refractivity contribution is 5.74. The van der Waals surface area contributed by atoms with Crippen LogP contribution in [0.2, 0.25) is 0 Å². The number of anilines is 4. The van der Waals surface area contributed by atoms with E-state index in [2.05, 4.69) is 20.6 Å². The van der Waals surface area contributed by atoms with Crippen molar-refractivity contribution in [3.8, 4) is 5.75 Å². The van der Waals surface area contributed by atoms with Gasteiger partial charge in [0.25, 0.3) is 0 Å². The van der Waals surface area contributed by atoms with Crippen molar-refractivity contribution < 1.29 is 14.4 Å². The summed E-state index contributed by atoms with van der Waals surface area (Å²) in [6.07, 6.45) is 0.735. The van der Waals surface area contributed by atoms with Crippen LogP contribution >= 0.6 is 0 Å². The minimum atomic E-state index is -0.610. The van der Waals surface area contributed by atoms with E-state index in [9.17, 15) is 10.1 Å². The van der Waals surface area contributed by atoms with Crippen molar-refractivity contribution in [2.45, 2.75) is 13.3 Å².